The number of benzene rings is 1. The molecule has 1 aromatic carbocycles. The van der Waals surface area contributed by atoms with Crippen molar-refractivity contribution in [3.05, 3.63) is 28.8 Å². The van der Waals surface area contributed by atoms with Gasteiger partial charge in [-0.25, -0.2) is 8.42 Å². The van der Waals surface area contributed by atoms with E-state index in [-0.39, 0.29) is 10.8 Å². The number of hydrogen-bond donors (Lipinski definition) is 2. The van der Waals surface area contributed by atoms with Crippen molar-refractivity contribution in [1.29, 1.82) is 0 Å². The molecular formula is C12H14ClNO4S. The number of aliphatic carboxylic acids is 1. The van der Waals surface area contributed by atoms with Crippen LogP contribution in [0.5, 0.6) is 0 Å². The second kappa shape index (κ2) is 5.11. The molecule has 1 atom stereocenters. The van der Waals surface area contributed by atoms with Crippen molar-refractivity contribution in [2.75, 3.05) is 0 Å². The van der Waals surface area contributed by atoms with E-state index in [0.717, 1.165) is 12.8 Å². The van der Waals surface area contributed by atoms with E-state index in [4.69, 9.17) is 16.7 Å². The molecule has 0 saturated heterocycles. The van der Waals surface area contributed by atoms with Crippen LogP contribution in [0.3, 0.4) is 0 Å². The number of carbonyl (C=O) groups is 1. The minimum atomic E-state index is -3.88. The SMILES string of the molecule is Cc1ccc(Cl)cc1S(=O)(=O)NC(C(=O)O)C1CC1. The average Bonchev–Trinajstić information content (AvgIpc) is 3.13. The number of halogens is 1. The third kappa shape index (κ3) is 3.26. The highest BCUT2D eigenvalue weighted by Gasteiger charge is 2.39. The van der Waals surface area contributed by atoms with Gasteiger partial charge in [-0.15, -0.1) is 0 Å². The number of carboxylic acid groups (broad SMARTS) is 1. The van der Waals surface area contributed by atoms with Crippen LogP contribution in [0.15, 0.2) is 23.1 Å². The van der Waals surface area contributed by atoms with Crippen LogP contribution in [0.2, 0.25) is 5.02 Å². The highest BCUT2D eigenvalue weighted by Crippen LogP contribution is 2.33. The van der Waals surface area contributed by atoms with E-state index in [0.29, 0.717) is 10.6 Å². The fourth-order valence-corrected chi connectivity index (χ4v) is 3.64. The van der Waals surface area contributed by atoms with Crippen LogP contribution in [0.25, 0.3) is 0 Å². The van der Waals surface area contributed by atoms with Gasteiger partial charge in [-0.05, 0) is 43.4 Å². The monoisotopic (exact) mass is 303 g/mol. The van der Waals surface area contributed by atoms with Gasteiger partial charge in [0.05, 0.1) is 4.90 Å². The van der Waals surface area contributed by atoms with Crippen LogP contribution in [0, 0.1) is 12.8 Å². The van der Waals surface area contributed by atoms with Crippen LogP contribution < -0.4 is 4.72 Å². The molecule has 7 heteroatoms. The highest BCUT2D eigenvalue weighted by molar-refractivity contribution is 7.89. The Balaban J connectivity index is 2.31. The Morgan fingerprint density at radius 2 is 2.11 bits per heavy atom. The van der Waals surface area contributed by atoms with Crippen molar-refractivity contribution >= 4 is 27.6 Å². The largest absolute Gasteiger partial charge is 0.480 e. The molecule has 1 aliphatic rings. The molecule has 5 nitrogen and oxygen atoms in total. The van der Waals surface area contributed by atoms with Crippen LogP contribution in [-0.2, 0) is 14.8 Å². The van der Waals surface area contributed by atoms with Crippen LogP contribution in [0.4, 0.5) is 0 Å². The Bertz CT molecular complexity index is 610. The minimum absolute atomic E-state index is 0.0203. The van der Waals surface area contributed by atoms with Crippen molar-refractivity contribution in [2.45, 2.75) is 30.7 Å². The standard InChI is InChI=1S/C12H14ClNO4S/c1-7-2-5-9(13)6-10(7)19(17,18)14-11(12(15)16)8-3-4-8/h2,5-6,8,11,14H,3-4H2,1H3,(H,15,16). The fraction of sp³-hybridized carbons (Fsp3) is 0.417. The Kier molecular flexibility index (Phi) is 3.85. The number of carboxylic acids is 1. The molecule has 2 N–H and O–H groups in total. The molecule has 1 unspecified atom stereocenters. The predicted molar refractivity (Wildman–Crippen MR) is 70.7 cm³/mol. The van der Waals surface area contributed by atoms with Gasteiger partial charge in [0.25, 0.3) is 0 Å². The second-order valence-corrected chi connectivity index (χ2v) is 6.80. The topological polar surface area (TPSA) is 83.5 Å². The molecule has 2 rings (SSSR count). The van der Waals surface area contributed by atoms with Gasteiger partial charge in [0.1, 0.15) is 6.04 Å². The quantitative estimate of drug-likeness (QED) is 0.868. The fourth-order valence-electron chi connectivity index (χ4n) is 1.87. The van der Waals surface area contributed by atoms with Crippen molar-refractivity contribution in [2.24, 2.45) is 5.92 Å². The predicted octanol–water partition coefficient (Wildman–Crippen LogP) is 1.79. The number of sulfonamides is 1. The molecule has 1 aliphatic carbocycles. The third-order valence-corrected chi connectivity index (χ3v) is 4.90. The molecule has 1 saturated carbocycles. The maximum absolute atomic E-state index is 12.2. The van der Waals surface area contributed by atoms with Crippen LogP contribution in [-0.4, -0.2) is 25.5 Å². The first-order valence-electron chi connectivity index (χ1n) is 5.82. The van der Waals surface area contributed by atoms with E-state index in [2.05, 4.69) is 4.72 Å². The van der Waals surface area contributed by atoms with E-state index in [9.17, 15) is 13.2 Å². The number of hydrogen-bond acceptors (Lipinski definition) is 3. The Labute approximate surface area is 116 Å². The maximum Gasteiger partial charge on any atom is 0.322 e. The van der Waals surface area contributed by atoms with Gasteiger partial charge in [0, 0.05) is 5.02 Å². The lowest BCUT2D eigenvalue weighted by Crippen LogP contribution is -2.42. The van der Waals surface area contributed by atoms with Gasteiger partial charge >= 0.3 is 5.97 Å². The molecule has 1 aromatic rings. The summed E-state index contributed by atoms with van der Waals surface area (Å²) in [6.07, 6.45) is 1.46. The summed E-state index contributed by atoms with van der Waals surface area (Å²) in [6, 6.07) is 3.43. The summed E-state index contributed by atoms with van der Waals surface area (Å²) in [4.78, 5) is 11.1. The number of nitrogens with one attached hydrogen (secondary N) is 1. The number of rotatable bonds is 5. The van der Waals surface area contributed by atoms with E-state index >= 15 is 0 Å². The van der Waals surface area contributed by atoms with Crippen molar-refractivity contribution in [3.8, 4) is 0 Å². The van der Waals surface area contributed by atoms with Gasteiger partial charge in [-0.1, -0.05) is 17.7 Å². The summed E-state index contributed by atoms with van der Waals surface area (Å²) in [5, 5.41) is 9.36. The molecule has 0 aliphatic heterocycles. The van der Waals surface area contributed by atoms with Crippen molar-refractivity contribution in [3.63, 3.8) is 0 Å². The zero-order valence-electron chi connectivity index (χ0n) is 10.3. The zero-order valence-corrected chi connectivity index (χ0v) is 11.8. The van der Waals surface area contributed by atoms with E-state index in [1.807, 2.05) is 0 Å². The molecule has 0 radical (unpaired) electrons. The molecule has 0 heterocycles. The first-order valence-corrected chi connectivity index (χ1v) is 7.68. The third-order valence-electron chi connectivity index (χ3n) is 3.08. The second-order valence-electron chi connectivity index (χ2n) is 4.68. The van der Waals surface area contributed by atoms with Crippen molar-refractivity contribution < 1.29 is 18.3 Å². The normalized spacial score (nSPS) is 17.2. The number of aryl methyl sites for hydroxylation is 1. The average molecular weight is 304 g/mol. The molecule has 0 amide bonds. The molecular weight excluding hydrogens is 290 g/mol. The van der Waals surface area contributed by atoms with Gasteiger partial charge < -0.3 is 5.11 Å². The van der Waals surface area contributed by atoms with Gasteiger partial charge in [-0.2, -0.15) is 4.72 Å². The highest BCUT2D eigenvalue weighted by atomic mass is 35.5. The summed E-state index contributed by atoms with van der Waals surface area (Å²) >= 11 is 5.79. The zero-order chi connectivity index (χ0) is 14.2. The van der Waals surface area contributed by atoms with E-state index in [1.165, 1.54) is 6.07 Å². The first kappa shape index (κ1) is 14.3. The van der Waals surface area contributed by atoms with Gasteiger partial charge in [0.15, 0.2) is 0 Å². The Morgan fingerprint density at radius 1 is 1.47 bits per heavy atom. The van der Waals surface area contributed by atoms with Gasteiger partial charge in [-0.3, -0.25) is 4.79 Å². The minimum Gasteiger partial charge on any atom is -0.480 e. The summed E-state index contributed by atoms with van der Waals surface area (Å²) in [5.41, 5.74) is 0.525. The Hall–Kier alpha value is -1.11. The Morgan fingerprint density at radius 3 is 2.63 bits per heavy atom. The van der Waals surface area contributed by atoms with Crippen molar-refractivity contribution in [1.82, 2.24) is 4.72 Å². The smallest absolute Gasteiger partial charge is 0.322 e. The molecule has 0 bridgehead atoms. The molecule has 104 valence electrons. The molecule has 0 spiro atoms. The van der Waals surface area contributed by atoms with Crippen LogP contribution >= 0.6 is 11.6 Å². The summed E-state index contributed by atoms with van der Waals surface area (Å²) in [6.45, 7) is 1.64. The summed E-state index contributed by atoms with van der Waals surface area (Å²) < 4.78 is 26.7. The maximum atomic E-state index is 12.2. The summed E-state index contributed by atoms with van der Waals surface area (Å²) in [7, 11) is -3.88. The molecule has 19 heavy (non-hydrogen) atoms. The lowest BCUT2D eigenvalue weighted by molar-refractivity contribution is -0.139. The lowest BCUT2D eigenvalue weighted by atomic mass is 10.2. The molecule has 0 aromatic heterocycles. The van der Waals surface area contributed by atoms with Crippen LogP contribution in [0.1, 0.15) is 18.4 Å². The first-order chi connectivity index (χ1) is 8.81. The van der Waals surface area contributed by atoms with E-state index < -0.39 is 22.0 Å². The summed E-state index contributed by atoms with van der Waals surface area (Å²) in [5.74, 6) is -1.27. The molecule has 1 fully saturated rings. The van der Waals surface area contributed by atoms with Gasteiger partial charge in [0.2, 0.25) is 10.0 Å². The van der Waals surface area contributed by atoms with E-state index in [1.54, 1.807) is 19.1 Å². The lowest BCUT2D eigenvalue weighted by Gasteiger charge is -2.15.